The van der Waals surface area contributed by atoms with Crippen LogP contribution in [0.4, 0.5) is 11.4 Å². The van der Waals surface area contributed by atoms with Gasteiger partial charge in [-0.15, -0.1) is 6.07 Å². The Morgan fingerprint density at radius 3 is 2.30 bits per heavy atom. The molecule has 3 aromatic carbocycles. The fraction of sp³-hybridized carbons (Fsp3) is 0.0476. The van der Waals surface area contributed by atoms with Gasteiger partial charge in [-0.1, -0.05) is 23.9 Å². The summed E-state index contributed by atoms with van der Waals surface area (Å²) >= 11 is 0. The third-order valence-electron chi connectivity index (χ3n) is 3.54. The summed E-state index contributed by atoms with van der Waals surface area (Å²) in [5.74, 6) is 0.802. The summed E-state index contributed by atoms with van der Waals surface area (Å²) in [6.45, 7) is 0. The number of rotatable bonds is 4. The third-order valence-corrected chi connectivity index (χ3v) is 3.54. The van der Waals surface area contributed by atoms with E-state index < -0.39 is 0 Å². The Kier molecular flexibility index (Phi) is 8.07. The molecular weight excluding hydrogens is 349 g/mol. The second kappa shape index (κ2) is 10.5. The van der Waals surface area contributed by atoms with Crippen molar-refractivity contribution in [1.82, 2.24) is 5.32 Å². The predicted octanol–water partition coefficient (Wildman–Crippen LogP) is 1.03. The molecule has 5 nitrogen and oxygen atoms in total. The van der Waals surface area contributed by atoms with Crippen LogP contribution in [0.5, 0.6) is 5.75 Å². The molecular formula is C21H18N3NaO2. The van der Waals surface area contributed by atoms with E-state index in [1.54, 1.807) is 25.3 Å². The fourth-order valence-electron chi connectivity index (χ4n) is 2.24. The standard InChI is InChI=1S/C21H18N3O2.Na/c1-26-19-14-12-18(13-15-19)23-21(22-17-10-6-3-7-11-17)24-20(25)16-8-4-2-5-9-16;/h2-10,12-15H,1H3,(H2,22,23,24,25);/q-1;+1. The molecule has 0 heterocycles. The van der Waals surface area contributed by atoms with Crippen LogP contribution in [-0.2, 0) is 0 Å². The maximum atomic E-state index is 12.5. The van der Waals surface area contributed by atoms with E-state index in [2.05, 4.69) is 21.7 Å². The fourth-order valence-corrected chi connectivity index (χ4v) is 2.24. The van der Waals surface area contributed by atoms with Crippen LogP contribution in [0, 0.1) is 6.07 Å². The molecule has 6 heteroatoms. The second-order valence-corrected chi connectivity index (χ2v) is 5.38. The molecule has 130 valence electrons. The van der Waals surface area contributed by atoms with E-state index in [9.17, 15) is 4.79 Å². The van der Waals surface area contributed by atoms with Gasteiger partial charge in [0.15, 0.2) is 0 Å². The number of nitrogens with one attached hydrogen (secondary N) is 2. The topological polar surface area (TPSA) is 62.7 Å². The maximum Gasteiger partial charge on any atom is 1.00 e. The number of amides is 1. The van der Waals surface area contributed by atoms with E-state index in [-0.39, 0.29) is 35.5 Å². The van der Waals surface area contributed by atoms with Crippen molar-refractivity contribution in [2.75, 3.05) is 12.4 Å². The van der Waals surface area contributed by atoms with Crippen LogP contribution >= 0.6 is 0 Å². The predicted molar refractivity (Wildman–Crippen MR) is 103 cm³/mol. The number of para-hydroxylation sites is 1. The first-order chi connectivity index (χ1) is 12.7. The molecule has 3 aromatic rings. The molecule has 0 aliphatic rings. The third kappa shape index (κ3) is 6.25. The van der Waals surface area contributed by atoms with Gasteiger partial charge in [-0.05, 0) is 36.4 Å². The minimum Gasteiger partial charge on any atom is -0.497 e. The molecule has 3 rings (SSSR count). The summed E-state index contributed by atoms with van der Waals surface area (Å²) in [4.78, 5) is 17.0. The molecule has 0 saturated heterocycles. The van der Waals surface area contributed by atoms with Crippen LogP contribution in [0.1, 0.15) is 10.4 Å². The largest absolute Gasteiger partial charge is 1.00 e. The first-order valence-electron chi connectivity index (χ1n) is 8.07. The van der Waals surface area contributed by atoms with Crippen molar-refractivity contribution >= 4 is 23.2 Å². The number of ether oxygens (including phenoxy) is 1. The van der Waals surface area contributed by atoms with Crippen LogP contribution < -0.4 is 44.9 Å². The van der Waals surface area contributed by atoms with Crippen molar-refractivity contribution in [3.05, 3.63) is 90.5 Å². The zero-order chi connectivity index (χ0) is 18.2. The number of anilines is 1. The summed E-state index contributed by atoms with van der Waals surface area (Å²) in [7, 11) is 1.61. The molecule has 0 unspecified atom stereocenters. The van der Waals surface area contributed by atoms with Crippen LogP contribution in [0.2, 0.25) is 0 Å². The van der Waals surface area contributed by atoms with Gasteiger partial charge in [0.2, 0.25) is 5.96 Å². The minimum absolute atomic E-state index is 0. The monoisotopic (exact) mass is 367 g/mol. The van der Waals surface area contributed by atoms with E-state index in [1.807, 2.05) is 60.7 Å². The van der Waals surface area contributed by atoms with Crippen LogP contribution in [0.25, 0.3) is 0 Å². The molecule has 0 fully saturated rings. The van der Waals surface area contributed by atoms with E-state index in [0.717, 1.165) is 5.75 Å². The average Bonchev–Trinajstić information content (AvgIpc) is 2.70. The Morgan fingerprint density at radius 2 is 1.67 bits per heavy atom. The smallest absolute Gasteiger partial charge is 0.497 e. The van der Waals surface area contributed by atoms with Gasteiger partial charge < -0.3 is 10.1 Å². The number of carbonyl (C=O) groups excluding carboxylic acids is 1. The molecule has 2 N–H and O–H groups in total. The number of nitrogens with zero attached hydrogens (tertiary/aromatic N) is 1. The molecule has 0 radical (unpaired) electrons. The van der Waals surface area contributed by atoms with Crippen LogP contribution in [0.15, 0.2) is 83.9 Å². The summed E-state index contributed by atoms with van der Waals surface area (Å²) < 4.78 is 5.15. The second-order valence-electron chi connectivity index (χ2n) is 5.38. The summed E-state index contributed by atoms with van der Waals surface area (Å²) in [5.41, 5.74) is 1.93. The Hall–Kier alpha value is -2.60. The Morgan fingerprint density at radius 1 is 0.963 bits per heavy atom. The van der Waals surface area contributed by atoms with Crippen LogP contribution in [0.3, 0.4) is 0 Å². The van der Waals surface area contributed by atoms with Gasteiger partial charge in [0.1, 0.15) is 5.75 Å². The summed E-state index contributed by atoms with van der Waals surface area (Å²) in [6, 6.07) is 26.6. The van der Waals surface area contributed by atoms with E-state index >= 15 is 0 Å². The van der Waals surface area contributed by atoms with Gasteiger partial charge in [-0.3, -0.25) is 10.1 Å². The summed E-state index contributed by atoms with van der Waals surface area (Å²) in [5, 5.41) is 5.90. The number of methoxy groups -OCH3 is 1. The molecule has 0 atom stereocenters. The first-order valence-corrected chi connectivity index (χ1v) is 8.07. The number of carbonyl (C=O) groups is 1. The number of guanidine groups is 1. The van der Waals surface area contributed by atoms with Crippen molar-refractivity contribution in [2.45, 2.75) is 0 Å². The van der Waals surface area contributed by atoms with E-state index in [4.69, 9.17) is 4.74 Å². The van der Waals surface area contributed by atoms with Gasteiger partial charge in [-0.2, -0.15) is 24.3 Å². The number of benzene rings is 3. The van der Waals surface area contributed by atoms with Gasteiger partial charge in [0, 0.05) is 5.56 Å². The van der Waals surface area contributed by atoms with Crippen molar-refractivity contribution in [3.63, 3.8) is 0 Å². The zero-order valence-corrected chi connectivity index (χ0v) is 17.3. The Bertz CT molecular complexity index is 882. The minimum atomic E-state index is -0.249. The van der Waals surface area contributed by atoms with Crippen molar-refractivity contribution < 1.29 is 39.1 Å². The van der Waals surface area contributed by atoms with Gasteiger partial charge in [-0.25, -0.2) is 4.99 Å². The number of hydrogen-bond donors (Lipinski definition) is 2. The van der Waals surface area contributed by atoms with E-state index in [1.165, 1.54) is 0 Å². The maximum absolute atomic E-state index is 12.5. The molecule has 0 aromatic heterocycles. The molecule has 0 bridgehead atoms. The summed E-state index contributed by atoms with van der Waals surface area (Å²) in [6.07, 6.45) is 0. The van der Waals surface area contributed by atoms with Crippen molar-refractivity contribution in [2.24, 2.45) is 4.99 Å². The Balaban J connectivity index is 0.00000261. The van der Waals surface area contributed by atoms with Gasteiger partial charge in [0.05, 0.1) is 12.8 Å². The van der Waals surface area contributed by atoms with Gasteiger partial charge >= 0.3 is 29.6 Å². The van der Waals surface area contributed by atoms with Crippen molar-refractivity contribution in [3.8, 4) is 5.75 Å². The zero-order valence-electron chi connectivity index (χ0n) is 15.3. The molecule has 0 aliphatic carbocycles. The Labute approximate surface area is 180 Å². The van der Waals surface area contributed by atoms with Crippen LogP contribution in [-0.4, -0.2) is 19.0 Å². The molecule has 1 amide bonds. The number of hydrogen-bond acceptors (Lipinski definition) is 3. The normalized spacial score (nSPS) is 10.5. The van der Waals surface area contributed by atoms with Gasteiger partial charge in [0.25, 0.3) is 5.91 Å². The molecule has 0 aliphatic heterocycles. The van der Waals surface area contributed by atoms with E-state index in [0.29, 0.717) is 22.9 Å². The first kappa shape index (κ1) is 20.7. The quantitative estimate of drug-likeness (QED) is 0.313. The molecule has 0 spiro atoms. The molecule has 27 heavy (non-hydrogen) atoms. The number of aliphatic imine (C=N–C) groups is 1. The molecule has 0 saturated carbocycles. The average molecular weight is 367 g/mol. The van der Waals surface area contributed by atoms with Crippen molar-refractivity contribution in [1.29, 1.82) is 0 Å². The SMILES string of the molecule is COc1ccc(N=C(NC(=O)c2ccccc2)Nc2[c-]cccc2)cc1.[Na+].